The van der Waals surface area contributed by atoms with Gasteiger partial charge in [-0.3, -0.25) is 4.57 Å². The maximum Gasteiger partial charge on any atom is 0.191 e. The molecular formula is C53H44N5+. The molecule has 3 heterocycles. The zero-order valence-electron chi connectivity index (χ0n) is 33.2. The highest BCUT2D eigenvalue weighted by Gasteiger charge is 2.27. The fraction of sp³-hybridized carbons (Fsp3) is 0.0943. The lowest BCUT2D eigenvalue weighted by atomic mass is 9.94. The second kappa shape index (κ2) is 14.1. The van der Waals surface area contributed by atoms with Crippen molar-refractivity contribution in [2.75, 3.05) is 4.90 Å². The summed E-state index contributed by atoms with van der Waals surface area (Å²) >= 11 is 0. The topological polar surface area (TPSA) is 30.9 Å². The van der Waals surface area contributed by atoms with Crippen molar-refractivity contribution in [3.8, 4) is 33.8 Å². The molecule has 0 saturated heterocycles. The zero-order chi connectivity index (χ0) is 39.4. The second-order valence-electron chi connectivity index (χ2n) is 16.0. The molecule has 280 valence electrons. The van der Waals surface area contributed by atoms with Gasteiger partial charge >= 0.3 is 0 Å². The smallest absolute Gasteiger partial charge is 0.191 e. The third kappa shape index (κ3) is 6.03. The van der Waals surface area contributed by atoms with Gasteiger partial charge in [-0.25, -0.2) is 9.55 Å². The SMILES string of the molecule is Cc1ccnc(-n2c3ccccc3c3ccc(N(c4cccc(-n5[cH+]n(C(C)(C)C)c6ccccc65)c4)c4c(-c5ccccc5)cccc4-c4ccccc4)cc32)c1. The van der Waals surface area contributed by atoms with Crippen molar-refractivity contribution in [1.82, 2.24) is 18.7 Å². The van der Waals surface area contributed by atoms with E-state index in [2.05, 4.69) is 235 Å². The van der Waals surface area contributed by atoms with Crippen molar-refractivity contribution >= 4 is 49.9 Å². The lowest BCUT2D eigenvalue weighted by Crippen LogP contribution is -2.20. The van der Waals surface area contributed by atoms with Crippen molar-refractivity contribution in [3.05, 3.63) is 200 Å². The van der Waals surface area contributed by atoms with Gasteiger partial charge in [0, 0.05) is 58.0 Å². The first-order valence-corrected chi connectivity index (χ1v) is 20.0. The monoisotopic (exact) mass is 750 g/mol. The highest BCUT2D eigenvalue weighted by atomic mass is 15.2. The number of para-hydroxylation sites is 4. The van der Waals surface area contributed by atoms with Gasteiger partial charge in [0.1, 0.15) is 11.5 Å². The summed E-state index contributed by atoms with van der Waals surface area (Å²) in [4.78, 5) is 7.38. The van der Waals surface area contributed by atoms with Crippen molar-refractivity contribution in [2.45, 2.75) is 33.2 Å². The van der Waals surface area contributed by atoms with E-state index in [1.54, 1.807) is 0 Å². The predicted octanol–water partition coefficient (Wildman–Crippen LogP) is 14.1. The quantitative estimate of drug-likeness (QED) is 0.152. The van der Waals surface area contributed by atoms with Crippen LogP contribution in [0.2, 0.25) is 0 Å². The number of aryl methyl sites for hydroxylation is 1. The Morgan fingerprint density at radius 2 is 1.12 bits per heavy atom. The number of nitrogens with zero attached hydrogens (tertiary/aromatic N) is 5. The number of anilines is 3. The van der Waals surface area contributed by atoms with Crippen LogP contribution in [-0.2, 0) is 5.54 Å². The van der Waals surface area contributed by atoms with Crippen molar-refractivity contribution in [2.24, 2.45) is 0 Å². The van der Waals surface area contributed by atoms with E-state index in [1.807, 2.05) is 6.20 Å². The molecular weight excluding hydrogens is 707 g/mol. The normalized spacial score (nSPS) is 11.8. The Balaban J connectivity index is 1.29. The minimum atomic E-state index is -0.103. The molecule has 0 aliphatic carbocycles. The van der Waals surface area contributed by atoms with Crippen LogP contribution in [0.3, 0.4) is 0 Å². The Morgan fingerprint density at radius 1 is 0.517 bits per heavy atom. The van der Waals surface area contributed by atoms with Crippen LogP contribution >= 0.6 is 0 Å². The highest BCUT2D eigenvalue weighted by molar-refractivity contribution is 6.11. The van der Waals surface area contributed by atoms with Crippen LogP contribution in [0.4, 0.5) is 17.1 Å². The Hall–Kier alpha value is -7.24. The summed E-state index contributed by atoms with van der Waals surface area (Å²) in [7, 11) is 0. The van der Waals surface area contributed by atoms with Gasteiger partial charge in [0.2, 0.25) is 0 Å². The van der Waals surface area contributed by atoms with Gasteiger partial charge in [-0.2, -0.15) is 4.57 Å². The van der Waals surface area contributed by atoms with E-state index in [1.165, 1.54) is 21.9 Å². The molecule has 0 spiro atoms. The van der Waals surface area contributed by atoms with Gasteiger partial charge in [-0.15, -0.1) is 0 Å². The minimum Gasteiger partial charge on any atom is -0.308 e. The molecule has 0 atom stereocenters. The zero-order valence-corrected chi connectivity index (χ0v) is 33.2. The molecule has 0 radical (unpaired) electrons. The highest BCUT2D eigenvalue weighted by Crippen LogP contribution is 2.48. The van der Waals surface area contributed by atoms with Crippen molar-refractivity contribution in [3.63, 3.8) is 0 Å². The first-order chi connectivity index (χ1) is 28.3. The standard InChI is InChI=1S/C53H44N5/c1-37-31-32-54-51(33-37)58-47-26-12-11-23-45(47)46-30-29-42(35-50(46)58)57(52-43(38-17-7-5-8-18-38)24-16-25-44(52)39-19-9-6-10-20-39)41-22-15-21-40(34-41)55-36-56(53(2,3)4)49-28-14-13-27-48(49)55/h5-36H,1-4H3/q+1. The van der Waals surface area contributed by atoms with E-state index in [-0.39, 0.29) is 5.54 Å². The lowest BCUT2D eigenvalue weighted by Gasteiger charge is -2.30. The van der Waals surface area contributed by atoms with E-state index in [4.69, 9.17) is 4.98 Å². The molecule has 0 saturated carbocycles. The summed E-state index contributed by atoms with van der Waals surface area (Å²) in [6, 6.07) is 65.7. The van der Waals surface area contributed by atoms with E-state index in [9.17, 15) is 0 Å². The largest absolute Gasteiger partial charge is 0.308 e. The number of hydrogen-bond acceptors (Lipinski definition) is 2. The van der Waals surface area contributed by atoms with Gasteiger partial charge in [0.15, 0.2) is 17.4 Å². The minimum absolute atomic E-state index is 0.103. The average Bonchev–Trinajstić information content (AvgIpc) is 3.81. The maximum atomic E-state index is 4.91. The molecule has 0 unspecified atom stereocenters. The molecule has 3 aromatic heterocycles. The van der Waals surface area contributed by atoms with Gasteiger partial charge in [0.25, 0.3) is 0 Å². The summed E-state index contributed by atoms with van der Waals surface area (Å²) in [5.74, 6) is 0.901. The fourth-order valence-electron chi connectivity index (χ4n) is 8.51. The summed E-state index contributed by atoms with van der Waals surface area (Å²) in [6.07, 6.45) is 4.16. The molecule has 7 aromatic carbocycles. The maximum absolute atomic E-state index is 4.91. The van der Waals surface area contributed by atoms with E-state index in [0.717, 1.165) is 67.4 Å². The Labute approximate surface area is 339 Å². The van der Waals surface area contributed by atoms with Crippen LogP contribution < -0.4 is 4.90 Å². The number of imidazole rings is 1. The first kappa shape index (κ1) is 35.2. The van der Waals surface area contributed by atoms with Crippen molar-refractivity contribution < 1.29 is 0 Å². The van der Waals surface area contributed by atoms with Crippen LogP contribution in [0.15, 0.2) is 195 Å². The molecule has 0 fully saturated rings. The first-order valence-electron chi connectivity index (χ1n) is 20.0. The predicted molar refractivity (Wildman–Crippen MR) is 243 cm³/mol. The average molecular weight is 751 g/mol. The molecule has 0 aliphatic rings. The number of rotatable bonds is 7. The lowest BCUT2D eigenvalue weighted by molar-refractivity contribution is 0.406. The van der Waals surface area contributed by atoms with Crippen LogP contribution in [0.5, 0.6) is 0 Å². The van der Waals surface area contributed by atoms with E-state index < -0.39 is 0 Å². The summed E-state index contributed by atoms with van der Waals surface area (Å²) in [5.41, 5.74) is 14.5. The molecule has 5 heteroatoms. The van der Waals surface area contributed by atoms with E-state index >= 15 is 0 Å². The molecule has 0 N–H and O–H groups in total. The molecule has 10 aromatic rings. The third-order valence-electron chi connectivity index (χ3n) is 11.2. The summed E-state index contributed by atoms with van der Waals surface area (Å²) in [6.45, 7) is 8.90. The molecule has 58 heavy (non-hydrogen) atoms. The van der Waals surface area contributed by atoms with Gasteiger partial charge in [-0.1, -0.05) is 103 Å². The number of hydrogen-bond donors (Lipinski definition) is 0. The fourth-order valence-corrected chi connectivity index (χ4v) is 8.51. The molecule has 0 aliphatic heterocycles. The Morgan fingerprint density at radius 3 is 1.81 bits per heavy atom. The van der Waals surface area contributed by atoms with E-state index in [0.29, 0.717) is 0 Å². The molecule has 5 nitrogen and oxygen atoms in total. The van der Waals surface area contributed by atoms with Gasteiger partial charge in [-0.05, 0) is 99.0 Å². The van der Waals surface area contributed by atoms with Crippen LogP contribution in [-0.4, -0.2) is 18.7 Å². The molecule has 0 bridgehead atoms. The number of benzene rings is 7. The summed E-state index contributed by atoms with van der Waals surface area (Å²) < 4.78 is 7.01. The van der Waals surface area contributed by atoms with Crippen LogP contribution in [0.1, 0.15) is 26.3 Å². The van der Waals surface area contributed by atoms with Crippen molar-refractivity contribution in [1.29, 1.82) is 0 Å². The van der Waals surface area contributed by atoms with Gasteiger partial charge < -0.3 is 4.90 Å². The Kier molecular flexibility index (Phi) is 8.53. The van der Waals surface area contributed by atoms with Gasteiger partial charge in [0.05, 0.1) is 27.9 Å². The summed E-state index contributed by atoms with van der Waals surface area (Å²) in [5, 5.41) is 2.38. The number of fused-ring (bicyclic) bond motifs is 4. The van der Waals surface area contributed by atoms with Crippen LogP contribution in [0.25, 0.3) is 66.6 Å². The molecule has 0 amide bonds. The second-order valence-corrected chi connectivity index (χ2v) is 16.0. The Bertz CT molecular complexity index is 3050. The number of pyridine rings is 1. The molecule has 10 rings (SSSR count). The third-order valence-corrected chi connectivity index (χ3v) is 11.2. The number of aromatic nitrogens is 4. The van der Waals surface area contributed by atoms with Crippen LogP contribution in [0, 0.1) is 6.92 Å².